The van der Waals surface area contributed by atoms with Crippen molar-refractivity contribution in [1.82, 2.24) is 0 Å². The predicted molar refractivity (Wildman–Crippen MR) is 54.1 cm³/mol. The van der Waals surface area contributed by atoms with Crippen molar-refractivity contribution in [2.45, 2.75) is 6.18 Å². The molecule has 90 valence electrons. The van der Waals surface area contributed by atoms with Gasteiger partial charge in [-0.15, -0.1) is 0 Å². The zero-order valence-electron chi connectivity index (χ0n) is 8.76. The fraction of sp³-hybridized carbons (Fsp3) is 0.182. The zero-order chi connectivity index (χ0) is 13.1. The molecular formula is C11H8F3NO2. The molecule has 0 aliphatic carbocycles. The van der Waals surface area contributed by atoms with Crippen LogP contribution in [0.25, 0.3) is 0 Å². The van der Waals surface area contributed by atoms with E-state index < -0.39 is 17.6 Å². The molecule has 0 aliphatic heterocycles. The van der Waals surface area contributed by atoms with E-state index in [0.29, 0.717) is 0 Å². The Morgan fingerprint density at radius 1 is 1.41 bits per heavy atom. The van der Waals surface area contributed by atoms with E-state index in [9.17, 15) is 18.0 Å². The van der Waals surface area contributed by atoms with Gasteiger partial charge in [0.25, 0.3) is 5.91 Å². The molecule has 1 amide bonds. The van der Waals surface area contributed by atoms with Gasteiger partial charge in [0, 0.05) is 5.56 Å². The number of benzene rings is 1. The number of rotatable bonds is 1. The maximum absolute atomic E-state index is 12.5. The summed E-state index contributed by atoms with van der Waals surface area (Å²) in [6, 6.07) is 3.07. The van der Waals surface area contributed by atoms with E-state index in [-0.39, 0.29) is 11.3 Å². The van der Waals surface area contributed by atoms with Crippen molar-refractivity contribution < 1.29 is 22.7 Å². The lowest BCUT2D eigenvalue weighted by molar-refractivity contribution is -0.138. The lowest BCUT2D eigenvalue weighted by atomic mass is 10.1. The summed E-state index contributed by atoms with van der Waals surface area (Å²) in [5, 5.41) is 0. The molecule has 0 radical (unpaired) electrons. The van der Waals surface area contributed by atoms with Crippen LogP contribution in [-0.2, 0) is 11.0 Å². The molecule has 17 heavy (non-hydrogen) atoms. The molecular weight excluding hydrogens is 235 g/mol. The molecule has 0 saturated carbocycles. The lowest BCUT2D eigenvalue weighted by Gasteiger charge is -2.11. The maximum Gasteiger partial charge on any atom is 0.419 e. The van der Waals surface area contributed by atoms with Crippen LogP contribution in [0.4, 0.5) is 13.2 Å². The van der Waals surface area contributed by atoms with Crippen LogP contribution in [0.5, 0.6) is 5.75 Å². The van der Waals surface area contributed by atoms with Crippen LogP contribution in [0, 0.1) is 11.8 Å². The first kappa shape index (κ1) is 12.9. The second-order valence-corrected chi connectivity index (χ2v) is 3.03. The number of halogens is 3. The third kappa shape index (κ3) is 3.41. The van der Waals surface area contributed by atoms with Gasteiger partial charge in [-0.05, 0) is 24.1 Å². The number of carbonyl (C=O) groups excluding carboxylic acids is 1. The van der Waals surface area contributed by atoms with Gasteiger partial charge in [0.15, 0.2) is 0 Å². The minimum Gasteiger partial charge on any atom is -0.496 e. The van der Waals surface area contributed by atoms with Crippen LogP contribution in [0.3, 0.4) is 0 Å². The second-order valence-electron chi connectivity index (χ2n) is 3.03. The van der Waals surface area contributed by atoms with Crippen molar-refractivity contribution in [2.24, 2.45) is 5.73 Å². The molecule has 0 aromatic heterocycles. The van der Waals surface area contributed by atoms with Crippen molar-refractivity contribution in [2.75, 3.05) is 7.11 Å². The predicted octanol–water partition coefficient (Wildman–Crippen LogP) is 1.55. The fourth-order valence-electron chi connectivity index (χ4n) is 1.14. The number of ether oxygens (including phenoxy) is 1. The Balaban J connectivity index is 3.19. The van der Waals surface area contributed by atoms with Gasteiger partial charge in [-0.25, -0.2) is 0 Å². The summed E-state index contributed by atoms with van der Waals surface area (Å²) < 4.78 is 42.1. The largest absolute Gasteiger partial charge is 0.496 e. The molecule has 1 aromatic carbocycles. The summed E-state index contributed by atoms with van der Waals surface area (Å²) in [5.41, 5.74) is 4.10. The average molecular weight is 243 g/mol. The van der Waals surface area contributed by atoms with Crippen LogP contribution >= 0.6 is 0 Å². The van der Waals surface area contributed by atoms with E-state index >= 15 is 0 Å². The summed E-state index contributed by atoms with van der Waals surface area (Å²) in [6.07, 6.45) is -4.50. The maximum atomic E-state index is 12.5. The number of carbonyl (C=O) groups is 1. The zero-order valence-corrected chi connectivity index (χ0v) is 8.76. The minimum atomic E-state index is -4.50. The van der Waals surface area contributed by atoms with Crippen LogP contribution < -0.4 is 10.5 Å². The summed E-state index contributed by atoms with van der Waals surface area (Å²) in [5.74, 6) is 3.14. The highest BCUT2D eigenvalue weighted by atomic mass is 19.4. The van der Waals surface area contributed by atoms with Crippen LogP contribution in [0.15, 0.2) is 18.2 Å². The van der Waals surface area contributed by atoms with Gasteiger partial charge in [0.2, 0.25) is 0 Å². The van der Waals surface area contributed by atoms with Crippen molar-refractivity contribution in [3.63, 3.8) is 0 Å². The van der Waals surface area contributed by atoms with Crippen molar-refractivity contribution in [1.29, 1.82) is 0 Å². The molecule has 2 N–H and O–H groups in total. The molecule has 0 atom stereocenters. The third-order valence-corrected chi connectivity index (χ3v) is 1.84. The number of hydrogen-bond acceptors (Lipinski definition) is 2. The number of amides is 1. The Hall–Kier alpha value is -2.16. The number of nitrogens with two attached hydrogens (primary N) is 1. The normalized spacial score (nSPS) is 10.4. The van der Waals surface area contributed by atoms with Gasteiger partial charge in [-0.3, -0.25) is 4.79 Å². The number of alkyl halides is 3. The highest BCUT2D eigenvalue weighted by Gasteiger charge is 2.34. The Kier molecular flexibility index (Phi) is 3.63. The quantitative estimate of drug-likeness (QED) is 0.761. The molecule has 0 spiro atoms. The second kappa shape index (κ2) is 4.78. The van der Waals surface area contributed by atoms with E-state index in [4.69, 9.17) is 5.73 Å². The molecule has 3 nitrogen and oxygen atoms in total. The van der Waals surface area contributed by atoms with E-state index in [1.807, 2.05) is 5.92 Å². The first-order valence-corrected chi connectivity index (χ1v) is 4.41. The Labute approximate surface area is 95.4 Å². The first-order valence-electron chi connectivity index (χ1n) is 4.41. The minimum absolute atomic E-state index is 0.216. The SMILES string of the molecule is COc1cc(C#CC(N)=O)ccc1C(F)(F)F. The topological polar surface area (TPSA) is 52.3 Å². The van der Waals surface area contributed by atoms with Gasteiger partial charge in [0.05, 0.1) is 12.7 Å². The van der Waals surface area contributed by atoms with E-state index in [1.165, 1.54) is 0 Å². The number of methoxy groups -OCH3 is 1. The molecule has 0 unspecified atom stereocenters. The van der Waals surface area contributed by atoms with E-state index in [0.717, 1.165) is 25.3 Å². The van der Waals surface area contributed by atoms with E-state index in [2.05, 4.69) is 10.7 Å². The first-order chi connectivity index (χ1) is 7.84. The van der Waals surface area contributed by atoms with Crippen LogP contribution in [0.2, 0.25) is 0 Å². The summed E-state index contributed by atoms with van der Waals surface area (Å²) in [4.78, 5) is 10.4. The molecule has 0 aliphatic rings. The lowest BCUT2D eigenvalue weighted by Crippen LogP contribution is -2.08. The van der Waals surface area contributed by atoms with Crippen LogP contribution in [0.1, 0.15) is 11.1 Å². The van der Waals surface area contributed by atoms with Crippen molar-refractivity contribution in [3.05, 3.63) is 29.3 Å². The molecule has 1 aromatic rings. The third-order valence-electron chi connectivity index (χ3n) is 1.84. The van der Waals surface area contributed by atoms with Crippen LogP contribution in [-0.4, -0.2) is 13.0 Å². The molecule has 0 heterocycles. The van der Waals surface area contributed by atoms with Crippen molar-refractivity contribution >= 4 is 5.91 Å². The molecule has 1 rings (SSSR count). The Bertz CT molecular complexity index is 498. The van der Waals surface area contributed by atoms with Gasteiger partial charge >= 0.3 is 6.18 Å². The fourth-order valence-corrected chi connectivity index (χ4v) is 1.14. The molecule has 0 saturated heterocycles. The standard InChI is InChI=1S/C11H8F3NO2/c1-17-9-6-7(3-5-10(15)16)2-4-8(9)11(12,13)14/h2,4,6H,1H3,(H2,15,16). The molecule has 0 bridgehead atoms. The molecule has 0 fully saturated rings. The summed E-state index contributed by atoms with van der Waals surface area (Å²) >= 11 is 0. The van der Waals surface area contributed by atoms with Gasteiger partial charge in [0.1, 0.15) is 5.75 Å². The smallest absolute Gasteiger partial charge is 0.419 e. The summed E-state index contributed by atoms with van der Waals surface area (Å²) in [7, 11) is 1.12. The number of hydrogen-bond donors (Lipinski definition) is 1. The monoisotopic (exact) mass is 243 g/mol. The Morgan fingerprint density at radius 2 is 2.06 bits per heavy atom. The Morgan fingerprint density at radius 3 is 2.53 bits per heavy atom. The highest BCUT2D eigenvalue weighted by molar-refractivity contribution is 5.92. The molecule has 6 heteroatoms. The highest BCUT2D eigenvalue weighted by Crippen LogP contribution is 2.36. The van der Waals surface area contributed by atoms with Gasteiger partial charge in [-0.2, -0.15) is 13.2 Å². The summed E-state index contributed by atoms with van der Waals surface area (Å²) in [6.45, 7) is 0. The van der Waals surface area contributed by atoms with Gasteiger partial charge < -0.3 is 10.5 Å². The average Bonchev–Trinajstić information content (AvgIpc) is 2.24. The van der Waals surface area contributed by atoms with E-state index in [1.54, 1.807) is 0 Å². The number of primary amides is 1. The van der Waals surface area contributed by atoms with Crippen molar-refractivity contribution in [3.8, 4) is 17.6 Å². The van der Waals surface area contributed by atoms with Gasteiger partial charge in [-0.1, -0.05) is 5.92 Å².